The number of aryl methyl sites for hydroxylation is 1. The van der Waals surface area contributed by atoms with Gasteiger partial charge >= 0.3 is 6.18 Å². The average Bonchev–Trinajstić information content (AvgIpc) is 2.87. The summed E-state index contributed by atoms with van der Waals surface area (Å²) < 4.78 is 39.4. The molecule has 0 unspecified atom stereocenters. The van der Waals surface area contributed by atoms with Crippen molar-refractivity contribution in [1.29, 1.82) is 5.26 Å². The lowest BCUT2D eigenvalue weighted by Gasteiger charge is -2.07. The maximum atomic E-state index is 12.7. The molecular formula is C16H14ClF3N4O. The molecule has 25 heavy (non-hydrogen) atoms. The third-order valence-corrected chi connectivity index (χ3v) is 3.94. The number of benzene rings is 1. The van der Waals surface area contributed by atoms with Gasteiger partial charge < -0.3 is 5.32 Å². The van der Waals surface area contributed by atoms with E-state index in [2.05, 4.69) is 10.4 Å². The molecule has 5 nitrogen and oxygen atoms in total. The predicted molar refractivity (Wildman–Crippen MR) is 85.1 cm³/mol. The molecule has 0 atom stereocenters. The standard InChI is InChI=1S/C16H14ClF3N4O/c1-10-13(17)14(16(18,19)20)23-24(10)7-3-6-22-15(25)12-5-2-4-11(8-12)9-21/h2,4-5,8H,3,6-7H2,1H3,(H,22,25). The van der Waals surface area contributed by atoms with Crippen molar-refractivity contribution in [3.05, 3.63) is 51.8 Å². The van der Waals surface area contributed by atoms with Gasteiger partial charge in [0.15, 0.2) is 5.69 Å². The van der Waals surface area contributed by atoms with Gasteiger partial charge in [0.2, 0.25) is 0 Å². The van der Waals surface area contributed by atoms with Crippen LogP contribution in [0.4, 0.5) is 13.2 Å². The van der Waals surface area contributed by atoms with Gasteiger partial charge in [-0.05, 0) is 31.5 Å². The normalized spacial score (nSPS) is 11.2. The zero-order valence-corrected chi connectivity index (χ0v) is 13.9. The fourth-order valence-corrected chi connectivity index (χ4v) is 2.43. The molecule has 0 spiro atoms. The molecule has 132 valence electrons. The molecule has 0 saturated heterocycles. The van der Waals surface area contributed by atoms with E-state index >= 15 is 0 Å². The summed E-state index contributed by atoms with van der Waals surface area (Å²) in [5, 5.41) is 14.5. The number of nitrogens with zero attached hydrogens (tertiary/aromatic N) is 3. The van der Waals surface area contributed by atoms with Crippen LogP contribution in [0.25, 0.3) is 0 Å². The van der Waals surface area contributed by atoms with E-state index in [-0.39, 0.29) is 24.7 Å². The Morgan fingerprint density at radius 1 is 1.44 bits per heavy atom. The van der Waals surface area contributed by atoms with E-state index in [4.69, 9.17) is 16.9 Å². The fourth-order valence-electron chi connectivity index (χ4n) is 2.19. The summed E-state index contributed by atoms with van der Waals surface area (Å²) in [6.45, 7) is 1.88. The van der Waals surface area contributed by atoms with Gasteiger partial charge in [-0.2, -0.15) is 23.5 Å². The largest absolute Gasteiger partial charge is 0.436 e. The average molecular weight is 371 g/mol. The van der Waals surface area contributed by atoms with Crippen molar-refractivity contribution >= 4 is 17.5 Å². The second-order valence-corrected chi connectivity index (χ2v) is 5.65. The van der Waals surface area contributed by atoms with Crippen molar-refractivity contribution in [3.63, 3.8) is 0 Å². The number of nitrogens with one attached hydrogen (secondary N) is 1. The van der Waals surface area contributed by atoms with E-state index in [9.17, 15) is 18.0 Å². The van der Waals surface area contributed by atoms with Crippen molar-refractivity contribution in [1.82, 2.24) is 15.1 Å². The van der Waals surface area contributed by atoms with Crippen LogP contribution in [0.2, 0.25) is 5.02 Å². The monoisotopic (exact) mass is 370 g/mol. The first-order chi connectivity index (χ1) is 11.7. The molecule has 1 aromatic heterocycles. The van der Waals surface area contributed by atoms with Crippen molar-refractivity contribution in [2.75, 3.05) is 6.54 Å². The quantitative estimate of drug-likeness (QED) is 0.818. The number of alkyl halides is 3. The Bertz CT molecular complexity index is 824. The molecular weight excluding hydrogens is 357 g/mol. The number of aromatic nitrogens is 2. The Kier molecular flexibility index (Phi) is 5.69. The van der Waals surface area contributed by atoms with Gasteiger partial charge in [0.05, 0.1) is 22.3 Å². The zero-order chi connectivity index (χ0) is 18.6. The number of hydrogen-bond donors (Lipinski definition) is 1. The molecule has 2 rings (SSSR count). The van der Waals surface area contributed by atoms with E-state index in [1.54, 1.807) is 18.2 Å². The van der Waals surface area contributed by atoms with Crippen LogP contribution in [-0.4, -0.2) is 22.2 Å². The lowest BCUT2D eigenvalue weighted by Crippen LogP contribution is -2.25. The molecule has 0 fully saturated rings. The highest BCUT2D eigenvalue weighted by molar-refractivity contribution is 6.31. The highest BCUT2D eigenvalue weighted by atomic mass is 35.5. The second kappa shape index (κ2) is 7.57. The summed E-state index contributed by atoms with van der Waals surface area (Å²) in [5.74, 6) is -0.358. The van der Waals surface area contributed by atoms with Crippen LogP contribution in [0, 0.1) is 18.3 Å². The van der Waals surface area contributed by atoms with E-state index in [1.807, 2.05) is 6.07 Å². The van der Waals surface area contributed by atoms with E-state index in [0.29, 0.717) is 17.5 Å². The van der Waals surface area contributed by atoms with Gasteiger partial charge in [-0.25, -0.2) is 0 Å². The Hall–Kier alpha value is -2.53. The fraction of sp³-hybridized carbons (Fsp3) is 0.312. The lowest BCUT2D eigenvalue weighted by molar-refractivity contribution is -0.141. The molecule has 0 aliphatic rings. The van der Waals surface area contributed by atoms with Crippen molar-refractivity contribution < 1.29 is 18.0 Å². The molecule has 0 saturated carbocycles. The first-order valence-electron chi connectivity index (χ1n) is 7.32. The Morgan fingerprint density at radius 2 is 2.16 bits per heavy atom. The van der Waals surface area contributed by atoms with Crippen LogP contribution in [0.3, 0.4) is 0 Å². The van der Waals surface area contributed by atoms with Crippen LogP contribution < -0.4 is 5.32 Å². The first kappa shape index (κ1) is 18.8. The number of amides is 1. The van der Waals surface area contributed by atoms with Crippen LogP contribution in [0.15, 0.2) is 24.3 Å². The Morgan fingerprint density at radius 3 is 2.76 bits per heavy atom. The molecule has 1 amide bonds. The molecule has 0 aliphatic heterocycles. The summed E-state index contributed by atoms with van der Waals surface area (Å²) in [6.07, 6.45) is -4.23. The molecule has 1 heterocycles. The second-order valence-electron chi connectivity index (χ2n) is 5.27. The molecule has 1 N–H and O–H groups in total. The minimum absolute atomic E-state index is 0.181. The lowest BCUT2D eigenvalue weighted by atomic mass is 10.1. The molecule has 2 aromatic rings. The Balaban J connectivity index is 1.91. The molecule has 9 heteroatoms. The summed E-state index contributed by atoms with van der Waals surface area (Å²) >= 11 is 5.67. The number of halogens is 4. The summed E-state index contributed by atoms with van der Waals surface area (Å²) in [7, 11) is 0. The number of hydrogen-bond acceptors (Lipinski definition) is 3. The topological polar surface area (TPSA) is 70.7 Å². The van der Waals surface area contributed by atoms with Gasteiger partial charge in [0.25, 0.3) is 5.91 Å². The third kappa shape index (κ3) is 4.51. The van der Waals surface area contributed by atoms with Crippen LogP contribution in [0.5, 0.6) is 0 Å². The van der Waals surface area contributed by atoms with Gasteiger partial charge in [-0.15, -0.1) is 0 Å². The van der Waals surface area contributed by atoms with Crippen LogP contribution in [0.1, 0.15) is 33.7 Å². The third-order valence-electron chi connectivity index (χ3n) is 3.49. The van der Waals surface area contributed by atoms with Crippen molar-refractivity contribution in [3.8, 4) is 6.07 Å². The summed E-state index contributed by atoms with van der Waals surface area (Å²) in [5.41, 5.74) is -0.170. The summed E-state index contributed by atoms with van der Waals surface area (Å²) in [4.78, 5) is 12.0. The van der Waals surface area contributed by atoms with E-state index in [0.717, 1.165) is 0 Å². The highest BCUT2D eigenvalue weighted by Gasteiger charge is 2.38. The maximum Gasteiger partial charge on any atom is 0.436 e. The summed E-state index contributed by atoms with van der Waals surface area (Å²) in [6, 6.07) is 8.16. The smallest absolute Gasteiger partial charge is 0.352 e. The van der Waals surface area contributed by atoms with Crippen molar-refractivity contribution in [2.45, 2.75) is 26.1 Å². The number of carbonyl (C=O) groups is 1. The minimum Gasteiger partial charge on any atom is -0.352 e. The van der Waals surface area contributed by atoms with Crippen molar-refractivity contribution in [2.24, 2.45) is 0 Å². The zero-order valence-electron chi connectivity index (χ0n) is 13.2. The van der Waals surface area contributed by atoms with Gasteiger partial charge in [-0.3, -0.25) is 9.48 Å². The number of carbonyl (C=O) groups excluding carboxylic acids is 1. The molecule has 0 bridgehead atoms. The predicted octanol–water partition coefficient (Wildman–Crippen LogP) is 3.56. The minimum atomic E-state index is -4.60. The van der Waals surface area contributed by atoms with Crippen LogP contribution >= 0.6 is 11.6 Å². The molecule has 0 aliphatic carbocycles. The van der Waals surface area contributed by atoms with Gasteiger partial charge in [-0.1, -0.05) is 17.7 Å². The van der Waals surface area contributed by atoms with Gasteiger partial charge in [0, 0.05) is 18.7 Å². The number of rotatable bonds is 5. The van der Waals surface area contributed by atoms with Gasteiger partial charge in [0.1, 0.15) is 0 Å². The number of nitriles is 1. The first-order valence-corrected chi connectivity index (χ1v) is 7.70. The highest BCUT2D eigenvalue weighted by Crippen LogP contribution is 2.35. The van der Waals surface area contributed by atoms with Crippen LogP contribution in [-0.2, 0) is 12.7 Å². The molecule has 1 aromatic carbocycles. The maximum absolute atomic E-state index is 12.7. The van der Waals surface area contributed by atoms with E-state index < -0.39 is 16.9 Å². The molecule has 0 radical (unpaired) electrons. The van der Waals surface area contributed by atoms with E-state index in [1.165, 1.54) is 17.7 Å². The SMILES string of the molecule is Cc1c(Cl)c(C(F)(F)F)nn1CCCNC(=O)c1cccc(C#N)c1. The Labute approximate surface area is 147 Å².